The van der Waals surface area contributed by atoms with Gasteiger partial charge in [0.1, 0.15) is 24.2 Å². The molecule has 0 spiro atoms. The molecule has 41 heavy (non-hydrogen) atoms. The Morgan fingerprint density at radius 2 is 1.54 bits per heavy atom. The van der Waals surface area contributed by atoms with E-state index in [1.807, 2.05) is 13.8 Å². The van der Waals surface area contributed by atoms with E-state index in [-0.39, 0.29) is 42.1 Å². The van der Waals surface area contributed by atoms with E-state index in [2.05, 4.69) is 5.32 Å². The Balaban J connectivity index is 2.09. The van der Waals surface area contributed by atoms with Gasteiger partial charge in [0.25, 0.3) is 10.0 Å². The van der Waals surface area contributed by atoms with Gasteiger partial charge in [0.15, 0.2) is 0 Å². The number of hydrogen-bond acceptors (Lipinski definition) is 5. The molecule has 0 heterocycles. The van der Waals surface area contributed by atoms with Crippen LogP contribution < -0.4 is 14.4 Å². The first-order valence-corrected chi connectivity index (χ1v) is 15.2. The van der Waals surface area contributed by atoms with Crippen LogP contribution in [0.15, 0.2) is 83.8 Å². The minimum atomic E-state index is -4.22. The van der Waals surface area contributed by atoms with Gasteiger partial charge in [-0.3, -0.25) is 13.9 Å². The molecule has 0 saturated carbocycles. The first-order valence-electron chi connectivity index (χ1n) is 13.8. The lowest BCUT2D eigenvalue weighted by Crippen LogP contribution is -2.53. The van der Waals surface area contributed by atoms with Gasteiger partial charge < -0.3 is 15.0 Å². The van der Waals surface area contributed by atoms with Crippen LogP contribution in [-0.2, 0) is 26.2 Å². The van der Waals surface area contributed by atoms with Gasteiger partial charge in [-0.15, -0.1) is 0 Å². The van der Waals surface area contributed by atoms with Crippen LogP contribution in [0.25, 0.3) is 0 Å². The van der Waals surface area contributed by atoms with Gasteiger partial charge in [-0.1, -0.05) is 56.3 Å². The molecular weight excluding hydrogens is 545 g/mol. The summed E-state index contributed by atoms with van der Waals surface area (Å²) in [4.78, 5) is 28.8. The van der Waals surface area contributed by atoms with Gasteiger partial charge in [0, 0.05) is 12.6 Å². The van der Waals surface area contributed by atoms with Crippen LogP contribution in [0.5, 0.6) is 5.75 Å². The predicted octanol–water partition coefficient (Wildman–Crippen LogP) is 5.14. The number of nitrogens with one attached hydrogen (secondary N) is 1. The van der Waals surface area contributed by atoms with E-state index >= 15 is 0 Å². The fraction of sp³-hybridized carbons (Fsp3) is 0.355. The average Bonchev–Trinajstić information content (AvgIpc) is 2.97. The molecule has 0 radical (unpaired) electrons. The average molecular weight is 584 g/mol. The van der Waals surface area contributed by atoms with Crippen molar-refractivity contribution in [1.29, 1.82) is 0 Å². The van der Waals surface area contributed by atoms with Gasteiger partial charge in [0.2, 0.25) is 11.8 Å². The monoisotopic (exact) mass is 583 g/mol. The summed E-state index contributed by atoms with van der Waals surface area (Å²) in [6.07, 6.45) is 0.988. The normalized spacial score (nSPS) is 12.7. The molecule has 0 aliphatic heterocycles. The molecule has 2 atom stereocenters. The van der Waals surface area contributed by atoms with E-state index in [0.29, 0.717) is 17.7 Å². The molecule has 3 aromatic carbocycles. The number of carbonyl (C=O) groups excluding carboxylic acids is 2. The number of benzene rings is 3. The summed E-state index contributed by atoms with van der Waals surface area (Å²) >= 11 is 0. The smallest absolute Gasteiger partial charge is 0.264 e. The predicted molar refractivity (Wildman–Crippen MR) is 158 cm³/mol. The van der Waals surface area contributed by atoms with E-state index in [1.165, 1.54) is 41.3 Å². The van der Waals surface area contributed by atoms with Crippen molar-refractivity contribution in [3.05, 3.63) is 90.2 Å². The standard InChI is InChI=1S/C31H38FN3O5S/c1-5-23(4)33-31(37)27(6-2)34(21-24-17-19-25(32)20-18-24)30(36)22-35(28-15-11-12-16-29(28)40-7-3)41(38,39)26-13-9-8-10-14-26/h8-20,23,27H,5-7,21-22H2,1-4H3,(H,33,37)/t23-,27-/m0/s1. The second-order valence-electron chi connectivity index (χ2n) is 9.62. The number of nitrogens with zero attached hydrogens (tertiary/aromatic N) is 2. The number of ether oxygens (including phenoxy) is 1. The molecule has 0 unspecified atom stereocenters. The molecule has 8 nitrogen and oxygen atoms in total. The fourth-order valence-corrected chi connectivity index (χ4v) is 5.77. The third-order valence-electron chi connectivity index (χ3n) is 6.70. The van der Waals surface area contributed by atoms with Gasteiger partial charge in [-0.25, -0.2) is 12.8 Å². The topological polar surface area (TPSA) is 96.0 Å². The number of rotatable bonds is 14. The second-order valence-corrected chi connectivity index (χ2v) is 11.5. The van der Waals surface area contributed by atoms with Gasteiger partial charge in [-0.2, -0.15) is 0 Å². The zero-order valence-corrected chi connectivity index (χ0v) is 24.7. The summed E-state index contributed by atoms with van der Waals surface area (Å²) in [5, 5.41) is 2.93. The summed E-state index contributed by atoms with van der Waals surface area (Å²) in [6, 6.07) is 19.1. The highest BCUT2D eigenvalue weighted by Gasteiger charge is 2.35. The first kappa shape index (κ1) is 31.6. The van der Waals surface area contributed by atoms with E-state index < -0.39 is 34.3 Å². The van der Waals surface area contributed by atoms with Crippen molar-refractivity contribution in [2.45, 2.75) is 64.1 Å². The second kappa shape index (κ2) is 14.6. The Morgan fingerprint density at radius 1 is 0.902 bits per heavy atom. The quantitative estimate of drug-likeness (QED) is 0.284. The molecule has 3 aromatic rings. The molecule has 0 aromatic heterocycles. The largest absolute Gasteiger partial charge is 0.492 e. The Morgan fingerprint density at radius 3 is 2.15 bits per heavy atom. The van der Waals surface area contributed by atoms with Crippen LogP contribution in [0, 0.1) is 5.82 Å². The Hall–Kier alpha value is -3.92. The number of hydrogen-bond donors (Lipinski definition) is 1. The summed E-state index contributed by atoms with van der Waals surface area (Å²) < 4.78 is 48.4. The Labute approximate surface area is 242 Å². The molecule has 0 aliphatic rings. The zero-order chi connectivity index (χ0) is 30.0. The van der Waals surface area contributed by atoms with Gasteiger partial charge >= 0.3 is 0 Å². The van der Waals surface area contributed by atoms with Crippen LogP contribution in [0.2, 0.25) is 0 Å². The van der Waals surface area contributed by atoms with Crippen molar-refractivity contribution in [3.8, 4) is 5.75 Å². The summed E-state index contributed by atoms with van der Waals surface area (Å²) in [7, 11) is -4.22. The molecule has 3 rings (SSSR count). The van der Waals surface area contributed by atoms with E-state index in [0.717, 1.165) is 4.31 Å². The van der Waals surface area contributed by atoms with Crippen molar-refractivity contribution in [3.63, 3.8) is 0 Å². The van der Waals surface area contributed by atoms with Crippen LogP contribution in [0.4, 0.5) is 10.1 Å². The highest BCUT2D eigenvalue weighted by molar-refractivity contribution is 7.92. The maximum absolute atomic E-state index is 14.1. The maximum atomic E-state index is 14.1. The molecule has 220 valence electrons. The minimum absolute atomic E-state index is 0.00532. The van der Waals surface area contributed by atoms with E-state index in [9.17, 15) is 22.4 Å². The van der Waals surface area contributed by atoms with E-state index in [1.54, 1.807) is 56.3 Å². The van der Waals surface area contributed by atoms with Gasteiger partial charge in [-0.05, 0) is 68.7 Å². The number of halogens is 1. The molecule has 0 fully saturated rings. The lowest BCUT2D eigenvalue weighted by atomic mass is 10.1. The van der Waals surface area contributed by atoms with Crippen molar-refractivity contribution in [1.82, 2.24) is 10.2 Å². The molecule has 10 heteroatoms. The van der Waals surface area contributed by atoms with Gasteiger partial charge in [0.05, 0.1) is 17.2 Å². The molecular formula is C31H38FN3O5S. The third-order valence-corrected chi connectivity index (χ3v) is 8.47. The summed E-state index contributed by atoms with van der Waals surface area (Å²) in [5.41, 5.74) is 0.798. The van der Waals surface area contributed by atoms with Crippen molar-refractivity contribution >= 4 is 27.5 Å². The van der Waals surface area contributed by atoms with Crippen LogP contribution in [0.3, 0.4) is 0 Å². The molecule has 0 saturated heterocycles. The summed E-state index contributed by atoms with van der Waals surface area (Å²) in [5.74, 6) is -1.06. The highest BCUT2D eigenvalue weighted by Crippen LogP contribution is 2.33. The Bertz CT molecular complexity index is 1400. The third kappa shape index (κ3) is 8.07. The Kier molecular flexibility index (Phi) is 11.3. The summed E-state index contributed by atoms with van der Waals surface area (Å²) in [6.45, 7) is 7.06. The minimum Gasteiger partial charge on any atom is -0.492 e. The molecule has 1 N–H and O–H groups in total. The van der Waals surface area contributed by atoms with Crippen molar-refractivity contribution in [2.75, 3.05) is 17.5 Å². The number of sulfonamides is 1. The molecule has 0 aliphatic carbocycles. The van der Waals surface area contributed by atoms with Crippen LogP contribution in [-0.4, -0.2) is 50.4 Å². The maximum Gasteiger partial charge on any atom is 0.264 e. The SMILES string of the molecule is CCOc1ccccc1N(CC(=O)N(Cc1ccc(F)cc1)[C@@H](CC)C(=O)N[C@@H](C)CC)S(=O)(=O)c1ccccc1. The fourth-order valence-electron chi connectivity index (χ4n) is 4.32. The van der Waals surface area contributed by atoms with Crippen molar-refractivity contribution < 1.29 is 27.1 Å². The van der Waals surface area contributed by atoms with E-state index in [4.69, 9.17) is 4.74 Å². The highest BCUT2D eigenvalue weighted by atomic mass is 32.2. The number of anilines is 1. The number of amides is 2. The van der Waals surface area contributed by atoms with Crippen LogP contribution in [0.1, 0.15) is 46.1 Å². The molecule has 2 amide bonds. The van der Waals surface area contributed by atoms with Crippen molar-refractivity contribution in [2.24, 2.45) is 0 Å². The number of para-hydroxylation sites is 2. The first-order chi connectivity index (χ1) is 19.6. The molecule has 0 bridgehead atoms. The lowest BCUT2D eigenvalue weighted by Gasteiger charge is -2.34. The lowest BCUT2D eigenvalue weighted by molar-refractivity contribution is -0.140. The van der Waals surface area contributed by atoms with Crippen LogP contribution >= 0.6 is 0 Å². The number of carbonyl (C=O) groups is 2. The zero-order valence-electron chi connectivity index (χ0n) is 23.9.